The maximum absolute atomic E-state index is 12.1. The van der Waals surface area contributed by atoms with Gasteiger partial charge >= 0.3 is 0 Å². The molecule has 0 aromatic rings. The average Bonchev–Trinajstić information content (AvgIpc) is 2.14. The molecule has 3 heteroatoms. The molecule has 0 aliphatic carbocycles. The van der Waals surface area contributed by atoms with Crippen molar-refractivity contribution in [3.8, 4) is 0 Å². The predicted octanol–water partition coefficient (Wildman–Crippen LogP) is 3.20. The second kappa shape index (κ2) is 8.17. The summed E-state index contributed by atoms with van der Waals surface area (Å²) in [4.78, 5) is 35.1. The average molecular weight is 254 g/mol. The fourth-order valence-electron chi connectivity index (χ4n) is 1.94. The Morgan fingerprint density at radius 1 is 0.833 bits per heavy atom. The van der Waals surface area contributed by atoms with Gasteiger partial charge in [0.15, 0.2) is 0 Å². The Morgan fingerprint density at radius 2 is 1.22 bits per heavy atom. The van der Waals surface area contributed by atoms with E-state index in [-0.39, 0.29) is 29.2 Å². The van der Waals surface area contributed by atoms with Crippen LogP contribution in [0.15, 0.2) is 0 Å². The highest BCUT2D eigenvalue weighted by Crippen LogP contribution is 2.19. The van der Waals surface area contributed by atoms with E-state index in [1.165, 1.54) is 6.92 Å². The lowest BCUT2D eigenvalue weighted by atomic mass is 9.85. The molecule has 0 heterocycles. The van der Waals surface area contributed by atoms with Crippen molar-refractivity contribution < 1.29 is 14.4 Å². The maximum Gasteiger partial charge on any atom is 0.143 e. The van der Waals surface area contributed by atoms with Crippen LogP contribution in [0.25, 0.3) is 0 Å². The molecule has 0 aromatic carbocycles. The molecule has 0 amide bonds. The number of rotatable bonds is 9. The zero-order valence-electron chi connectivity index (χ0n) is 12.3. The molecule has 0 unspecified atom stereocenters. The van der Waals surface area contributed by atoms with Crippen molar-refractivity contribution in [3.05, 3.63) is 0 Å². The summed E-state index contributed by atoms with van der Waals surface area (Å²) in [6.07, 6.45) is 1.55. The number of Topliss-reactive ketones (excluding diaryl/α,β-unsaturated/α-hetero) is 3. The van der Waals surface area contributed by atoms with Gasteiger partial charge in [-0.15, -0.1) is 0 Å². The zero-order valence-corrected chi connectivity index (χ0v) is 12.3. The molecule has 3 nitrogen and oxygen atoms in total. The summed E-state index contributed by atoms with van der Waals surface area (Å²) in [7, 11) is 0. The van der Waals surface area contributed by atoms with Crippen molar-refractivity contribution in [1.29, 1.82) is 0 Å². The number of hydrogen-bond donors (Lipinski definition) is 0. The van der Waals surface area contributed by atoms with Crippen molar-refractivity contribution in [2.75, 3.05) is 0 Å². The van der Waals surface area contributed by atoms with Crippen LogP contribution in [-0.2, 0) is 14.4 Å². The maximum atomic E-state index is 12.1. The van der Waals surface area contributed by atoms with Crippen molar-refractivity contribution in [3.63, 3.8) is 0 Å². The molecule has 0 N–H and O–H groups in total. The van der Waals surface area contributed by atoms with Crippen LogP contribution in [0.1, 0.15) is 60.3 Å². The fraction of sp³-hybridized carbons (Fsp3) is 0.800. The molecule has 0 spiro atoms. The minimum absolute atomic E-state index is 0.00287. The SMILES string of the molecule is CC(=O)CCC(C(=O)CC(C)C)C(=O)CC(C)C. The summed E-state index contributed by atoms with van der Waals surface area (Å²) in [5.74, 6) is -0.0319. The van der Waals surface area contributed by atoms with Gasteiger partial charge in [-0.05, 0) is 25.2 Å². The van der Waals surface area contributed by atoms with E-state index >= 15 is 0 Å². The molecule has 0 aliphatic rings. The quantitative estimate of drug-likeness (QED) is 0.594. The van der Waals surface area contributed by atoms with E-state index in [0.29, 0.717) is 25.7 Å². The van der Waals surface area contributed by atoms with Gasteiger partial charge in [0, 0.05) is 19.3 Å². The van der Waals surface area contributed by atoms with Crippen LogP contribution in [0.3, 0.4) is 0 Å². The van der Waals surface area contributed by atoms with Gasteiger partial charge in [-0.25, -0.2) is 0 Å². The first-order valence-electron chi connectivity index (χ1n) is 6.78. The number of ketones is 3. The summed E-state index contributed by atoms with van der Waals surface area (Å²) < 4.78 is 0. The lowest BCUT2D eigenvalue weighted by molar-refractivity contribution is -0.134. The summed E-state index contributed by atoms with van der Waals surface area (Å²) >= 11 is 0. The van der Waals surface area contributed by atoms with Crippen LogP contribution in [0.2, 0.25) is 0 Å². The molecule has 0 saturated heterocycles. The molecular formula is C15H26O3. The van der Waals surface area contributed by atoms with Crippen molar-refractivity contribution in [1.82, 2.24) is 0 Å². The van der Waals surface area contributed by atoms with E-state index in [2.05, 4.69) is 0 Å². The van der Waals surface area contributed by atoms with E-state index < -0.39 is 5.92 Å². The largest absolute Gasteiger partial charge is 0.300 e. The van der Waals surface area contributed by atoms with Crippen LogP contribution >= 0.6 is 0 Å². The van der Waals surface area contributed by atoms with Gasteiger partial charge in [0.2, 0.25) is 0 Å². The first-order valence-corrected chi connectivity index (χ1v) is 6.78. The first kappa shape index (κ1) is 17.0. The fourth-order valence-corrected chi connectivity index (χ4v) is 1.94. The standard InChI is InChI=1S/C15H26O3/c1-10(2)8-14(17)13(7-6-12(5)16)15(18)9-11(3)4/h10-11,13H,6-9H2,1-5H3. The van der Waals surface area contributed by atoms with Gasteiger partial charge in [0.1, 0.15) is 17.3 Å². The van der Waals surface area contributed by atoms with E-state index in [0.717, 1.165) is 0 Å². The third-order valence-electron chi connectivity index (χ3n) is 2.78. The smallest absolute Gasteiger partial charge is 0.143 e. The van der Waals surface area contributed by atoms with Crippen molar-refractivity contribution in [2.24, 2.45) is 17.8 Å². The highest BCUT2D eigenvalue weighted by molar-refractivity contribution is 6.02. The van der Waals surface area contributed by atoms with E-state index in [4.69, 9.17) is 0 Å². The number of carbonyl (C=O) groups is 3. The Kier molecular flexibility index (Phi) is 7.72. The predicted molar refractivity (Wildman–Crippen MR) is 72.3 cm³/mol. The Labute approximate surface area is 110 Å². The summed E-state index contributed by atoms with van der Waals surface area (Å²) in [5, 5.41) is 0. The Morgan fingerprint density at radius 3 is 1.50 bits per heavy atom. The Balaban J connectivity index is 4.64. The zero-order chi connectivity index (χ0) is 14.3. The molecule has 0 radical (unpaired) electrons. The second-order valence-corrected chi connectivity index (χ2v) is 5.92. The van der Waals surface area contributed by atoms with E-state index in [1.54, 1.807) is 0 Å². The molecule has 0 bridgehead atoms. The molecule has 0 saturated carbocycles. The van der Waals surface area contributed by atoms with Crippen LogP contribution in [0.4, 0.5) is 0 Å². The third-order valence-corrected chi connectivity index (χ3v) is 2.78. The monoisotopic (exact) mass is 254 g/mol. The van der Waals surface area contributed by atoms with Gasteiger partial charge in [0.05, 0.1) is 5.92 Å². The van der Waals surface area contributed by atoms with Gasteiger partial charge in [-0.2, -0.15) is 0 Å². The minimum atomic E-state index is -0.571. The van der Waals surface area contributed by atoms with Crippen LogP contribution in [-0.4, -0.2) is 17.3 Å². The highest BCUT2D eigenvalue weighted by atomic mass is 16.2. The van der Waals surface area contributed by atoms with Gasteiger partial charge in [-0.3, -0.25) is 9.59 Å². The third kappa shape index (κ3) is 7.36. The van der Waals surface area contributed by atoms with Gasteiger partial charge < -0.3 is 4.79 Å². The molecule has 0 aliphatic heterocycles. The van der Waals surface area contributed by atoms with Gasteiger partial charge in [0.25, 0.3) is 0 Å². The summed E-state index contributed by atoms with van der Waals surface area (Å²) in [6, 6.07) is 0. The molecule has 104 valence electrons. The Hall–Kier alpha value is -0.990. The van der Waals surface area contributed by atoms with Crippen LogP contribution < -0.4 is 0 Å². The first-order chi connectivity index (χ1) is 8.23. The van der Waals surface area contributed by atoms with Crippen LogP contribution in [0.5, 0.6) is 0 Å². The molecule has 0 atom stereocenters. The normalized spacial score (nSPS) is 11.3. The molecular weight excluding hydrogens is 228 g/mol. The van der Waals surface area contributed by atoms with Crippen LogP contribution in [0, 0.1) is 17.8 Å². The number of carbonyl (C=O) groups excluding carboxylic acids is 3. The molecule has 0 aromatic heterocycles. The lowest BCUT2D eigenvalue weighted by Gasteiger charge is -2.16. The Bertz CT molecular complexity index is 281. The van der Waals surface area contributed by atoms with E-state index in [9.17, 15) is 14.4 Å². The molecule has 0 fully saturated rings. The lowest BCUT2D eigenvalue weighted by Crippen LogP contribution is -2.26. The molecule has 18 heavy (non-hydrogen) atoms. The summed E-state index contributed by atoms with van der Waals surface area (Å²) in [6.45, 7) is 9.36. The van der Waals surface area contributed by atoms with Gasteiger partial charge in [-0.1, -0.05) is 27.7 Å². The molecule has 0 rings (SSSR count). The topological polar surface area (TPSA) is 51.2 Å². The van der Waals surface area contributed by atoms with Crippen molar-refractivity contribution in [2.45, 2.75) is 60.3 Å². The number of hydrogen-bond acceptors (Lipinski definition) is 3. The minimum Gasteiger partial charge on any atom is -0.300 e. The second-order valence-electron chi connectivity index (χ2n) is 5.92. The van der Waals surface area contributed by atoms with Crippen molar-refractivity contribution >= 4 is 17.3 Å². The van der Waals surface area contributed by atoms with E-state index in [1.807, 2.05) is 27.7 Å². The highest BCUT2D eigenvalue weighted by Gasteiger charge is 2.26. The summed E-state index contributed by atoms with van der Waals surface area (Å²) in [5.41, 5.74) is 0.